The van der Waals surface area contributed by atoms with Gasteiger partial charge in [0, 0.05) is 16.9 Å². The summed E-state index contributed by atoms with van der Waals surface area (Å²) in [6, 6.07) is 6.03. The number of benzene rings is 1. The molecule has 0 saturated carbocycles. The van der Waals surface area contributed by atoms with Crippen LogP contribution in [0, 0.1) is 6.92 Å². The molecule has 0 bridgehead atoms. The maximum atomic E-state index is 5.27. The van der Waals surface area contributed by atoms with Crippen LogP contribution in [0.5, 0.6) is 5.75 Å². The van der Waals surface area contributed by atoms with Crippen LogP contribution in [0.2, 0.25) is 0 Å². The van der Waals surface area contributed by atoms with Gasteiger partial charge in [0.25, 0.3) is 0 Å². The predicted octanol–water partition coefficient (Wildman–Crippen LogP) is 3.06. The lowest BCUT2D eigenvalue weighted by Crippen LogP contribution is -2.21. The van der Waals surface area contributed by atoms with Gasteiger partial charge < -0.3 is 10.1 Å². The summed E-state index contributed by atoms with van der Waals surface area (Å²) in [6.45, 7) is 1.98. The van der Waals surface area contributed by atoms with Crippen molar-refractivity contribution >= 4 is 15.9 Å². The molecule has 1 N–H and O–H groups in total. The number of nitrogens with zero attached hydrogens (tertiary/aromatic N) is 2. The third-order valence-electron chi connectivity index (χ3n) is 3.14. The van der Waals surface area contributed by atoms with Crippen molar-refractivity contribution in [2.75, 3.05) is 14.2 Å². The monoisotopic (exact) mass is 335 g/mol. The number of halogens is 1. The molecule has 5 heteroatoms. The lowest BCUT2D eigenvalue weighted by molar-refractivity contribution is 0.413. The van der Waals surface area contributed by atoms with Gasteiger partial charge in [-0.05, 0) is 49.7 Å². The van der Waals surface area contributed by atoms with Gasteiger partial charge in [0.05, 0.1) is 13.2 Å². The fourth-order valence-corrected chi connectivity index (χ4v) is 2.37. The summed E-state index contributed by atoms with van der Waals surface area (Å²) in [5.74, 6) is 1.65. The summed E-state index contributed by atoms with van der Waals surface area (Å²) < 4.78 is 6.33. The van der Waals surface area contributed by atoms with E-state index in [0.29, 0.717) is 0 Å². The largest absolute Gasteiger partial charge is 0.497 e. The molecule has 20 heavy (non-hydrogen) atoms. The maximum Gasteiger partial charge on any atom is 0.145 e. The molecule has 2 rings (SSSR count). The zero-order valence-electron chi connectivity index (χ0n) is 11.9. The van der Waals surface area contributed by atoms with Gasteiger partial charge in [-0.2, -0.15) is 0 Å². The quantitative estimate of drug-likeness (QED) is 0.912. The van der Waals surface area contributed by atoms with Crippen molar-refractivity contribution < 1.29 is 4.74 Å². The minimum absolute atomic E-state index is 0.0685. The molecule has 0 fully saturated rings. The molecule has 0 aliphatic heterocycles. The topological polar surface area (TPSA) is 47.0 Å². The molecule has 1 heterocycles. The number of rotatable bonds is 5. The van der Waals surface area contributed by atoms with E-state index in [9.17, 15) is 0 Å². The van der Waals surface area contributed by atoms with Crippen LogP contribution in [-0.2, 0) is 6.42 Å². The number of methoxy groups -OCH3 is 1. The first kappa shape index (κ1) is 14.9. The summed E-state index contributed by atoms with van der Waals surface area (Å²) in [7, 11) is 3.59. The van der Waals surface area contributed by atoms with Gasteiger partial charge in [-0.25, -0.2) is 9.97 Å². The van der Waals surface area contributed by atoms with E-state index in [-0.39, 0.29) is 6.04 Å². The highest BCUT2D eigenvalue weighted by Gasteiger charge is 2.15. The molecule has 106 valence electrons. The summed E-state index contributed by atoms with van der Waals surface area (Å²) in [5.41, 5.74) is 2.22. The Bertz CT molecular complexity index is 572. The maximum absolute atomic E-state index is 5.27. The second-order valence-electron chi connectivity index (χ2n) is 4.62. The van der Waals surface area contributed by atoms with E-state index in [1.807, 2.05) is 44.6 Å². The third kappa shape index (κ3) is 3.55. The molecule has 0 aliphatic rings. The number of likely N-dealkylation sites (N-methyl/N-ethyl adjacent to an activating group) is 1. The van der Waals surface area contributed by atoms with E-state index >= 15 is 0 Å². The van der Waals surface area contributed by atoms with Crippen LogP contribution >= 0.6 is 15.9 Å². The molecule has 2 aromatic rings. The van der Waals surface area contributed by atoms with Crippen molar-refractivity contribution in [2.24, 2.45) is 0 Å². The van der Waals surface area contributed by atoms with Crippen molar-refractivity contribution in [1.82, 2.24) is 15.3 Å². The van der Waals surface area contributed by atoms with Crippen LogP contribution in [0.25, 0.3) is 0 Å². The van der Waals surface area contributed by atoms with Crippen molar-refractivity contribution in [1.29, 1.82) is 0 Å². The van der Waals surface area contributed by atoms with Gasteiger partial charge >= 0.3 is 0 Å². The lowest BCUT2D eigenvalue weighted by Gasteiger charge is -2.16. The summed E-state index contributed by atoms with van der Waals surface area (Å²) >= 11 is 3.58. The van der Waals surface area contributed by atoms with Crippen LogP contribution in [0.4, 0.5) is 0 Å². The highest BCUT2D eigenvalue weighted by molar-refractivity contribution is 9.10. The van der Waals surface area contributed by atoms with Gasteiger partial charge in [0.2, 0.25) is 0 Å². The van der Waals surface area contributed by atoms with Crippen molar-refractivity contribution in [3.05, 3.63) is 52.0 Å². The van der Waals surface area contributed by atoms with E-state index in [0.717, 1.165) is 33.6 Å². The van der Waals surface area contributed by atoms with Gasteiger partial charge in [0.1, 0.15) is 11.6 Å². The summed E-state index contributed by atoms with van der Waals surface area (Å²) in [6.07, 6.45) is 4.47. The van der Waals surface area contributed by atoms with Crippen LogP contribution < -0.4 is 10.1 Å². The Kier molecular flexibility index (Phi) is 5.09. The lowest BCUT2D eigenvalue weighted by atomic mass is 10.0. The molecule has 1 atom stereocenters. The highest BCUT2D eigenvalue weighted by atomic mass is 79.9. The van der Waals surface area contributed by atoms with Gasteiger partial charge in [-0.1, -0.05) is 15.9 Å². The molecular weight excluding hydrogens is 318 g/mol. The molecule has 0 radical (unpaired) electrons. The number of aromatic nitrogens is 2. The van der Waals surface area contributed by atoms with Crippen molar-refractivity contribution in [3.8, 4) is 5.75 Å². The number of hydrogen-bond acceptors (Lipinski definition) is 4. The first-order valence-corrected chi connectivity index (χ1v) is 7.21. The molecule has 4 nitrogen and oxygen atoms in total. The summed E-state index contributed by atoms with van der Waals surface area (Å²) in [5, 5.41) is 3.26. The molecule has 1 unspecified atom stereocenters. The fraction of sp³-hybridized carbons (Fsp3) is 0.333. The average Bonchev–Trinajstić information content (AvgIpc) is 2.47. The highest BCUT2D eigenvalue weighted by Crippen LogP contribution is 2.26. The van der Waals surface area contributed by atoms with Crippen LogP contribution in [-0.4, -0.2) is 24.1 Å². The first-order chi connectivity index (χ1) is 9.63. The van der Waals surface area contributed by atoms with Crippen molar-refractivity contribution in [3.63, 3.8) is 0 Å². The number of ether oxygens (including phenoxy) is 1. The van der Waals surface area contributed by atoms with Crippen LogP contribution in [0.3, 0.4) is 0 Å². The molecular formula is C15H18BrN3O. The second-order valence-corrected chi connectivity index (χ2v) is 5.48. The molecule has 0 saturated heterocycles. The van der Waals surface area contributed by atoms with Gasteiger partial charge in [-0.15, -0.1) is 0 Å². The second kappa shape index (κ2) is 6.81. The molecule has 1 aromatic carbocycles. The van der Waals surface area contributed by atoms with Crippen LogP contribution in [0.15, 0.2) is 35.1 Å². The summed E-state index contributed by atoms with van der Waals surface area (Å²) in [4.78, 5) is 8.80. The Labute approximate surface area is 127 Å². The molecule has 0 amide bonds. The van der Waals surface area contributed by atoms with E-state index < -0.39 is 0 Å². The minimum Gasteiger partial charge on any atom is -0.497 e. The number of hydrogen-bond donors (Lipinski definition) is 1. The Hall–Kier alpha value is -1.46. The van der Waals surface area contributed by atoms with Crippen LogP contribution in [0.1, 0.15) is 23.0 Å². The van der Waals surface area contributed by atoms with Gasteiger partial charge in [0.15, 0.2) is 0 Å². The van der Waals surface area contributed by atoms with Gasteiger partial charge in [-0.3, -0.25) is 0 Å². The third-order valence-corrected chi connectivity index (χ3v) is 3.91. The Morgan fingerprint density at radius 2 is 2.00 bits per heavy atom. The molecule has 0 aliphatic carbocycles. The minimum atomic E-state index is 0.0685. The SMILES string of the molecule is CNC(Cc1cc(OC)ccc1Br)c1ncc(C)cn1. The molecule has 0 spiro atoms. The normalized spacial score (nSPS) is 12.2. The standard InChI is InChI=1S/C15H18BrN3O/c1-10-8-18-15(19-9-10)14(17-2)7-11-6-12(20-3)4-5-13(11)16/h4-6,8-9,14,17H,7H2,1-3H3. The fourth-order valence-electron chi connectivity index (χ4n) is 1.96. The Morgan fingerprint density at radius 1 is 1.30 bits per heavy atom. The van der Waals surface area contributed by atoms with E-state index in [1.54, 1.807) is 7.11 Å². The number of nitrogens with one attached hydrogen (secondary N) is 1. The van der Waals surface area contributed by atoms with Crippen molar-refractivity contribution in [2.45, 2.75) is 19.4 Å². The number of aryl methyl sites for hydroxylation is 1. The smallest absolute Gasteiger partial charge is 0.145 e. The first-order valence-electron chi connectivity index (χ1n) is 6.42. The van der Waals surface area contributed by atoms with E-state index in [4.69, 9.17) is 4.74 Å². The van der Waals surface area contributed by atoms with E-state index in [2.05, 4.69) is 31.2 Å². The average molecular weight is 336 g/mol. The Morgan fingerprint density at radius 3 is 2.60 bits per heavy atom. The zero-order chi connectivity index (χ0) is 14.5. The Balaban J connectivity index is 2.23. The van der Waals surface area contributed by atoms with E-state index in [1.165, 1.54) is 0 Å². The predicted molar refractivity (Wildman–Crippen MR) is 83.0 cm³/mol. The molecule has 1 aromatic heterocycles. The zero-order valence-corrected chi connectivity index (χ0v) is 13.4.